The van der Waals surface area contributed by atoms with Gasteiger partial charge in [0.25, 0.3) is 0 Å². The zero-order valence-corrected chi connectivity index (χ0v) is 28.4. The minimum absolute atomic E-state index is 0. The van der Waals surface area contributed by atoms with Crippen LogP contribution in [0.4, 0.5) is 0 Å². The molecule has 0 aliphatic carbocycles. The molecule has 2 aliphatic heterocycles. The van der Waals surface area contributed by atoms with Gasteiger partial charge in [0, 0.05) is 67.1 Å². The van der Waals surface area contributed by atoms with Gasteiger partial charge in [-0.1, -0.05) is 0 Å². The first-order chi connectivity index (χ1) is 20.8. The third-order valence-electron chi connectivity index (χ3n) is 8.65. The second-order valence-corrected chi connectivity index (χ2v) is 11.7. The number of nitrogens with one attached hydrogen (secondary N) is 2. The first kappa shape index (κ1) is 34.0. The standard InChI is InChI=1S/C34H38N4O6.Pt/c1-15-21(7-9-31(41)42)27-14-28-22(8-10-32(43)44)16(2)24(36-28)12-29-34(20(6)40)18(4)26(38-29)13-30-33(19(5)39)17(3)25(37-30)11-23(15)35-27;/h11-14,19-20,35,38-40H,7-10H2,1-6H3,(H,41,42)(H,43,44);. The van der Waals surface area contributed by atoms with Gasteiger partial charge in [-0.2, -0.15) is 0 Å². The van der Waals surface area contributed by atoms with E-state index in [0.717, 1.165) is 44.4 Å². The van der Waals surface area contributed by atoms with Crippen molar-refractivity contribution in [3.8, 4) is 0 Å². The van der Waals surface area contributed by atoms with Crippen LogP contribution in [0.2, 0.25) is 0 Å². The molecule has 3 aromatic rings. The molecule has 8 bridgehead atoms. The predicted octanol–water partition coefficient (Wildman–Crippen LogP) is 6.11. The number of allylic oxidation sites excluding steroid dienone is 3. The van der Waals surface area contributed by atoms with E-state index in [-0.39, 0.29) is 46.7 Å². The second kappa shape index (κ2) is 13.2. The van der Waals surface area contributed by atoms with E-state index < -0.39 is 24.1 Å². The Labute approximate surface area is 275 Å². The number of hydrogen-bond acceptors (Lipinski definition) is 6. The van der Waals surface area contributed by atoms with E-state index in [0.29, 0.717) is 44.9 Å². The van der Waals surface area contributed by atoms with Gasteiger partial charge >= 0.3 is 11.9 Å². The number of aryl methyl sites for hydroxylation is 3. The topological polar surface area (TPSA) is 172 Å². The molecule has 240 valence electrons. The average Bonchev–Trinajstić information content (AvgIpc) is 3.59. The van der Waals surface area contributed by atoms with E-state index in [1.54, 1.807) is 13.8 Å². The minimum atomic E-state index is -0.917. The molecule has 2 aliphatic rings. The summed E-state index contributed by atoms with van der Waals surface area (Å²) in [6.45, 7) is 11.1. The fourth-order valence-electron chi connectivity index (χ4n) is 6.31. The van der Waals surface area contributed by atoms with Crippen LogP contribution in [0.1, 0.15) is 98.1 Å². The first-order valence-electron chi connectivity index (χ1n) is 14.7. The number of aromatic amines is 2. The molecule has 0 saturated carbocycles. The predicted molar refractivity (Wildman–Crippen MR) is 171 cm³/mol. The van der Waals surface area contributed by atoms with Gasteiger partial charge in [0.15, 0.2) is 0 Å². The summed E-state index contributed by atoms with van der Waals surface area (Å²) in [6, 6.07) is 7.51. The molecule has 0 fully saturated rings. The van der Waals surface area contributed by atoms with Gasteiger partial charge < -0.3 is 30.4 Å². The van der Waals surface area contributed by atoms with Crippen molar-refractivity contribution in [2.45, 2.75) is 79.4 Å². The molecule has 10 nitrogen and oxygen atoms in total. The summed E-state index contributed by atoms with van der Waals surface area (Å²) in [4.78, 5) is 39.8. The van der Waals surface area contributed by atoms with E-state index in [9.17, 15) is 30.0 Å². The quantitative estimate of drug-likeness (QED) is 0.159. The van der Waals surface area contributed by atoms with Crippen LogP contribution in [-0.2, 0) is 37.1 Å². The molecule has 0 radical (unpaired) electrons. The summed E-state index contributed by atoms with van der Waals surface area (Å²) >= 11 is 0. The van der Waals surface area contributed by atoms with Crippen molar-refractivity contribution in [3.63, 3.8) is 0 Å². The molecule has 0 saturated heterocycles. The second-order valence-electron chi connectivity index (χ2n) is 11.7. The van der Waals surface area contributed by atoms with Gasteiger partial charge in [0.2, 0.25) is 0 Å². The molecule has 0 amide bonds. The third-order valence-corrected chi connectivity index (χ3v) is 8.65. The number of hydrogen-bond donors (Lipinski definition) is 6. The Morgan fingerprint density at radius 2 is 1.20 bits per heavy atom. The molecular formula is C34H38N4O6Pt. The molecule has 2 atom stereocenters. The maximum Gasteiger partial charge on any atom is 0.303 e. The Kier molecular flexibility index (Phi) is 10.0. The van der Waals surface area contributed by atoms with E-state index in [2.05, 4.69) is 9.97 Å². The van der Waals surface area contributed by atoms with Gasteiger partial charge in [-0.3, -0.25) is 9.59 Å². The van der Waals surface area contributed by atoms with Gasteiger partial charge in [0.05, 0.1) is 35.0 Å². The monoisotopic (exact) mass is 793 g/mol. The molecular weight excluding hydrogens is 755 g/mol. The van der Waals surface area contributed by atoms with Crippen molar-refractivity contribution in [2.24, 2.45) is 0 Å². The van der Waals surface area contributed by atoms with Crippen molar-refractivity contribution >= 4 is 56.3 Å². The van der Waals surface area contributed by atoms with Crippen LogP contribution >= 0.6 is 0 Å². The molecule has 6 N–H and O–H groups in total. The van der Waals surface area contributed by atoms with Gasteiger partial charge in [-0.25, -0.2) is 9.97 Å². The maximum atomic E-state index is 11.6. The van der Waals surface area contributed by atoms with Gasteiger partial charge in [0.1, 0.15) is 0 Å². The van der Waals surface area contributed by atoms with E-state index >= 15 is 0 Å². The Balaban J connectivity index is 0.00000461. The molecule has 2 unspecified atom stereocenters. The average molecular weight is 794 g/mol. The van der Waals surface area contributed by atoms with Gasteiger partial charge in [-0.15, -0.1) is 0 Å². The largest absolute Gasteiger partial charge is 0.481 e. The minimum Gasteiger partial charge on any atom is -0.481 e. The number of aliphatic hydroxyl groups is 2. The number of aromatic nitrogens is 4. The Morgan fingerprint density at radius 1 is 0.689 bits per heavy atom. The number of carboxylic acids is 2. The maximum absolute atomic E-state index is 11.6. The number of fused-ring (bicyclic) bond motifs is 8. The van der Waals surface area contributed by atoms with E-state index in [4.69, 9.17) is 9.97 Å². The fourth-order valence-corrected chi connectivity index (χ4v) is 6.31. The number of H-pyrrole nitrogens is 2. The Bertz CT molecular complexity index is 1930. The number of aliphatic hydroxyl groups excluding tert-OH is 2. The zero-order chi connectivity index (χ0) is 32.0. The molecule has 0 spiro atoms. The molecule has 45 heavy (non-hydrogen) atoms. The van der Waals surface area contributed by atoms with Crippen LogP contribution in [0.25, 0.3) is 44.4 Å². The molecule has 11 heteroatoms. The number of aliphatic carboxylic acids is 2. The SMILES string of the molecule is CC1=C(CCC(=O)O)c2cc3[nH]c(cc4nc(cc5[nH]c(cc1n2)c(C(C)O)c5C)C(C(C)O)=C4C)c(C)c3CCC(=O)O.[Pt]. The van der Waals surface area contributed by atoms with Crippen molar-refractivity contribution in [2.75, 3.05) is 0 Å². The first-order valence-corrected chi connectivity index (χ1v) is 14.7. The van der Waals surface area contributed by atoms with Crippen LogP contribution < -0.4 is 0 Å². The normalized spacial score (nSPS) is 14.4. The molecule has 5 rings (SSSR count). The van der Waals surface area contributed by atoms with E-state index in [1.807, 2.05) is 52.0 Å². The summed E-state index contributed by atoms with van der Waals surface area (Å²) in [7, 11) is 0. The summed E-state index contributed by atoms with van der Waals surface area (Å²) in [5, 5.41) is 40.5. The van der Waals surface area contributed by atoms with Crippen molar-refractivity contribution in [3.05, 3.63) is 69.3 Å². The third kappa shape index (κ3) is 6.59. The summed E-state index contributed by atoms with van der Waals surface area (Å²) in [6.07, 6.45) is -1.16. The van der Waals surface area contributed by atoms with Crippen molar-refractivity contribution < 1.29 is 51.1 Å². The van der Waals surface area contributed by atoms with Crippen molar-refractivity contribution in [1.82, 2.24) is 19.9 Å². The Morgan fingerprint density at radius 3 is 1.82 bits per heavy atom. The fraction of sp³-hybridized carbons (Fsp3) is 0.353. The summed E-state index contributed by atoms with van der Waals surface area (Å²) < 4.78 is 0. The number of carbonyl (C=O) groups is 2. The number of carboxylic acid groups (broad SMARTS) is 2. The number of nitrogens with zero attached hydrogens (tertiary/aromatic N) is 2. The van der Waals surface area contributed by atoms with Crippen LogP contribution in [0.5, 0.6) is 0 Å². The Hall–Kier alpha value is -3.85. The number of rotatable bonds is 8. The molecule has 0 aromatic carbocycles. The molecule has 5 heterocycles. The molecule has 3 aromatic heterocycles. The van der Waals surface area contributed by atoms with Gasteiger partial charge in [-0.05, 0) is 112 Å². The van der Waals surface area contributed by atoms with Crippen LogP contribution in [0, 0.1) is 13.8 Å². The zero-order valence-electron chi connectivity index (χ0n) is 26.1. The van der Waals surface area contributed by atoms with E-state index in [1.165, 1.54) is 0 Å². The summed E-state index contributed by atoms with van der Waals surface area (Å²) in [5.74, 6) is -1.83. The smallest absolute Gasteiger partial charge is 0.303 e. The van der Waals surface area contributed by atoms with Crippen LogP contribution in [0.15, 0.2) is 24.3 Å². The summed E-state index contributed by atoms with van der Waals surface area (Å²) in [5.41, 5.74) is 11.7. The van der Waals surface area contributed by atoms with Crippen LogP contribution in [0.3, 0.4) is 0 Å². The van der Waals surface area contributed by atoms with Crippen molar-refractivity contribution in [1.29, 1.82) is 0 Å². The van der Waals surface area contributed by atoms with Crippen LogP contribution in [-0.4, -0.2) is 58.4 Å².